The van der Waals surface area contributed by atoms with Gasteiger partial charge in [0.15, 0.2) is 0 Å². The lowest BCUT2D eigenvalue weighted by Gasteiger charge is -2.30. The number of carbonyl (C=O) groups excluding carboxylic acids is 4. The van der Waals surface area contributed by atoms with Gasteiger partial charge in [-0.3, -0.25) is 14.5 Å². The highest BCUT2D eigenvalue weighted by Gasteiger charge is 2.38. The van der Waals surface area contributed by atoms with Crippen molar-refractivity contribution in [3.8, 4) is 0 Å². The zero-order chi connectivity index (χ0) is 22.1. The van der Waals surface area contributed by atoms with E-state index >= 15 is 0 Å². The Hall–Kier alpha value is -3.36. The van der Waals surface area contributed by atoms with Crippen molar-refractivity contribution in [3.05, 3.63) is 36.0 Å². The number of imide groups is 1. The van der Waals surface area contributed by atoms with E-state index in [-0.39, 0.29) is 19.3 Å². The fourth-order valence-corrected chi connectivity index (χ4v) is 3.16. The van der Waals surface area contributed by atoms with Crippen LogP contribution in [0.2, 0.25) is 0 Å². The molecule has 1 aliphatic rings. The predicted octanol–water partition coefficient (Wildman–Crippen LogP) is 2.55. The standard InChI is InChI=1S/C21H25N3O6/c1-21(2,3)29-20(28)23(4)16(19(27)30-24-17(25)9-10-18(24)26)11-13-12-22-15-8-6-5-7-14(13)15/h5-8,12,16,22H,9-11H2,1-4H3/t16-/m1/s1. The van der Waals surface area contributed by atoms with E-state index in [1.165, 1.54) is 7.05 Å². The van der Waals surface area contributed by atoms with Crippen LogP contribution < -0.4 is 0 Å². The quantitative estimate of drug-likeness (QED) is 0.752. The fourth-order valence-electron chi connectivity index (χ4n) is 3.16. The first-order valence-electron chi connectivity index (χ1n) is 9.65. The van der Waals surface area contributed by atoms with E-state index in [0.29, 0.717) is 5.06 Å². The molecule has 1 aliphatic heterocycles. The first-order valence-corrected chi connectivity index (χ1v) is 9.65. The third-order valence-electron chi connectivity index (χ3n) is 4.70. The minimum Gasteiger partial charge on any atom is -0.444 e. The zero-order valence-electron chi connectivity index (χ0n) is 17.4. The molecule has 0 saturated carbocycles. The Morgan fingerprint density at radius 1 is 1.17 bits per heavy atom. The van der Waals surface area contributed by atoms with Crippen LogP contribution in [0, 0.1) is 0 Å². The summed E-state index contributed by atoms with van der Waals surface area (Å²) in [6.45, 7) is 5.15. The fraction of sp³-hybridized carbons (Fsp3) is 0.429. The number of aromatic nitrogens is 1. The van der Waals surface area contributed by atoms with Gasteiger partial charge in [0, 0.05) is 43.4 Å². The molecule has 1 aromatic heterocycles. The maximum atomic E-state index is 12.9. The third kappa shape index (κ3) is 4.61. The van der Waals surface area contributed by atoms with E-state index in [1.54, 1.807) is 27.0 Å². The van der Waals surface area contributed by atoms with Gasteiger partial charge in [-0.2, -0.15) is 0 Å². The lowest BCUT2D eigenvalue weighted by molar-refractivity contribution is -0.200. The summed E-state index contributed by atoms with van der Waals surface area (Å²) in [5, 5.41) is 1.37. The highest BCUT2D eigenvalue weighted by Crippen LogP contribution is 2.23. The average molecular weight is 415 g/mol. The van der Waals surface area contributed by atoms with Gasteiger partial charge in [0.1, 0.15) is 11.6 Å². The molecule has 1 aromatic carbocycles. The Balaban J connectivity index is 1.87. The molecule has 1 N–H and O–H groups in total. The van der Waals surface area contributed by atoms with Crippen LogP contribution >= 0.6 is 0 Å². The molecule has 9 heteroatoms. The molecular formula is C21H25N3O6. The number of hydroxylamine groups is 2. The molecule has 160 valence electrons. The maximum Gasteiger partial charge on any atom is 0.410 e. The number of likely N-dealkylation sites (N-methyl/N-ethyl adjacent to an activating group) is 1. The molecule has 1 fully saturated rings. The molecule has 2 aromatic rings. The Labute approximate surface area is 173 Å². The minimum atomic E-state index is -1.11. The summed E-state index contributed by atoms with van der Waals surface area (Å²) < 4.78 is 5.37. The van der Waals surface area contributed by atoms with E-state index < -0.39 is 35.5 Å². The molecule has 0 spiro atoms. The molecule has 30 heavy (non-hydrogen) atoms. The number of carbonyl (C=O) groups is 4. The first kappa shape index (κ1) is 21.4. The normalized spacial score (nSPS) is 15.4. The topological polar surface area (TPSA) is 109 Å². The number of hydrogen-bond acceptors (Lipinski definition) is 6. The average Bonchev–Trinajstić information content (AvgIpc) is 3.22. The van der Waals surface area contributed by atoms with Gasteiger partial charge < -0.3 is 14.6 Å². The van der Waals surface area contributed by atoms with E-state index in [0.717, 1.165) is 21.4 Å². The molecule has 9 nitrogen and oxygen atoms in total. The van der Waals surface area contributed by atoms with Crippen LogP contribution in [0.4, 0.5) is 4.79 Å². The lowest BCUT2D eigenvalue weighted by Crippen LogP contribution is -2.48. The van der Waals surface area contributed by atoms with E-state index in [2.05, 4.69) is 4.98 Å². The number of hydrogen-bond donors (Lipinski definition) is 1. The van der Waals surface area contributed by atoms with Crippen molar-refractivity contribution in [3.63, 3.8) is 0 Å². The number of amides is 3. The van der Waals surface area contributed by atoms with Crippen molar-refractivity contribution in [1.82, 2.24) is 14.9 Å². The van der Waals surface area contributed by atoms with Crippen LogP contribution in [0.5, 0.6) is 0 Å². The molecular weight excluding hydrogens is 390 g/mol. The van der Waals surface area contributed by atoms with Gasteiger partial charge in [-0.1, -0.05) is 18.2 Å². The molecule has 0 radical (unpaired) electrons. The molecule has 0 unspecified atom stereocenters. The first-order chi connectivity index (χ1) is 14.1. The Bertz CT molecular complexity index is 974. The third-order valence-corrected chi connectivity index (χ3v) is 4.70. The number of benzene rings is 1. The van der Waals surface area contributed by atoms with Crippen LogP contribution in [-0.4, -0.2) is 57.5 Å². The SMILES string of the molecule is CN(C(=O)OC(C)(C)C)[C@H](Cc1c[nH]c2ccccc12)C(=O)ON1C(=O)CCC1=O. The summed E-state index contributed by atoms with van der Waals surface area (Å²) >= 11 is 0. The minimum absolute atomic E-state index is 0.0128. The number of rotatable bonds is 5. The van der Waals surface area contributed by atoms with Crippen molar-refractivity contribution >= 4 is 34.8 Å². The highest BCUT2D eigenvalue weighted by molar-refractivity contribution is 6.02. The van der Waals surface area contributed by atoms with Gasteiger partial charge in [0.25, 0.3) is 11.8 Å². The summed E-state index contributed by atoms with van der Waals surface area (Å²) in [4.78, 5) is 58.6. The van der Waals surface area contributed by atoms with E-state index in [1.807, 2.05) is 24.3 Å². The second-order valence-electron chi connectivity index (χ2n) is 8.16. The summed E-state index contributed by atoms with van der Waals surface area (Å²) in [5.74, 6) is -2.06. The highest BCUT2D eigenvalue weighted by atomic mass is 16.7. The maximum absolute atomic E-state index is 12.9. The van der Waals surface area contributed by atoms with Crippen molar-refractivity contribution in [2.45, 2.75) is 51.7 Å². The Morgan fingerprint density at radius 3 is 2.43 bits per heavy atom. The van der Waals surface area contributed by atoms with Crippen molar-refractivity contribution in [2.75, 3.05) is 7.05 Å². The summed E-state index contributed by atoms with van der Waals surface area (Å²) in [7, 11) is 1.42. The van der Waals surface area contributed by atoms with Gasteiger partial charge in [-0.05, 0) is 32.4 Å². The molecule has 0 aliphatic carbocycles. The van der Waals surface area contributed by atoms with Crippen LogP contribution in [-0.2, 0) is 30.4 Å². The lowest BCUT2D eigenvalue weighted by atomic mass is 10.0. The molecule has 2 heterocycles. The molecule has 1 atom stereocenters. The van der Waals surface area contributed by atoms with Gasteiger partial charge in [0.05, 0.1) is 0 Å². The smallest absolute Gasteiger partial charge is 0.410 e. The summed E-state index contributed by atoms with van der Waals surface area (Å²) in [5.41, 5.74) is 0.896. The van der Waals surface area contributed by atoms with Crippen molar-refractivity contribution in [1.29, 1.82) is 0 Å². The second kappa shape index (κ2) is 8.17. The molecule has 1 saturated heterocycles. The molecule has 3 rings (SSSR count). The van der Waals surface area contributed by atoms with Gasteiger partial charge in [-0.25, -0.2) is 9.59 Å². The predicted molar refractivity (Wildman–Crippen MR) is 107 cm³/mol. The number of nitrogens with zero attached hydrogens (tertiary/aromatic N) is 2. The second-order valence-corrected chi connectivity index (χ2v) is 8.16. The van der Waals surface area contributed by atoms with Crippen molar-refractivity contribution in [2.24, 2.45) is 0 Å². The van der Waals surface area contributed by atoms with Crippen LogP contribution in [0.1, 0.15) is 39.2 Å². The number of ether oxygens (including phenoxy) is 1. The molecule has 3 amide bonds. The van der Waals surface area contributed by atoms with Crippen LogP contribution in [0.3, 0.4) is 0 Å². The Morgan fingerprint density at radius 2 is 1.80 bits per heavy atom. The Kier molecular flexibility index (Phi) is 5.82. The van der Waals surface area contributed by atoms with Gasteiger partial charge in [0.2, 0.25) is 0 Å². The summed E-state index contributed by atoms with van der Waals surface area (Å²) in [6, 6.07) is 6.42. The van der Waals surface area contributed by atoms with Crippen LogP contribution in [0.25, 0.3) is 10.9 Å². The van der Waals surface area contributed by atoms with E-state index in [9.17, 15) is 19.2 Å². The van der Waals surface area contributed by atoms with Crippen molar-refractivity contribution < 1.29 is 28.8 Å². The zero-order valence-corrected chi connectivity index (χ0v) is 17.4. The molecule has 0 bridgehead atoms. The summed E-state index contributed by atoms with van der Waals surface area (Å²) in [6.07, 6.45) is 1.11. The largest absolute Gasteiger partial charge is 0.444 e. The number of aromatic amines is 1. The number of H-pyrrole nitrogens is 1. The van der Waals surface area contributed by atoms with Crippen LogP contribution in [0.15, 0.2) is 30.5 Å². The van der Waals surface area contributed by atoms with Gasteiger partial charge in [-0.15, -0.1) is 5.06 Å². The van der Waals surface area contributed by atoms with E-state index in [4.69, 9.17) is 9.57 Å². The number of fused-ring (bicyclic) bond motifs is 1. The number of nitrogens with one attached hydrogen (secondary N) is 1. The van der Waals surface area contributed by atoms with Gasteiger partial charge >= 0.3 is 12.1 Å². The monoisotopic (exact) mass is 415 g/mol. The number of para-hydroxylation sites is 1.